The summed E-state index contributed by atoms with van der Waals surface area (Å²) in [7, 11) is 0. The molecule has 6 heteroatoms. The number of alkyl halides is 3. The number of nitrogens with one attached hydrogen (secondary N) is 1. The highest BCUT2D eigenvalue weighted by Crippen LogP contribution is 2.39. The molecule has 3 atom stereocenters. The molecule has 0 spiro atoms. The molecule has 1 saturated heterocycles. The molecule has 3 rings (SSSR count). The minimum atomic E-state index is -4.27. The van der Waals surface area contributed by atoms with Gasteiger partial charge >= 0.3 is 6.18 Å². The third kappa shape index (κ3) is 2.59. The van der Waals surface area contributed by atoms with Gasteiger partial charge in [0, 0.05) is 13.0 Å². The minimum absolute atomic E-state index is 0. The van der Waals surface area contributed by atoms with Crippen molar-refractivity contribution in [2.45, 2.75) is 37.8 Å². The van der Waals surface area contributed by atoms with E-state index in [1.54, 1.807) is 6.07 Å². The first kappa shape index (κ1) is 14.6. The SMILES string of the molecule is C[C@H]1CN[C@H]2c3ccc(C(F)(F)F)cc3C[C@H]2O1.Cl. The van der Waals surface area contributed by atoms with Gasteiger partial charge in [-0.2, -0.15) is 13.2 Å². The van der Waals surface area contributed by atoms with Gasteiger partial charge in [0.25, 0.3) is 0 Å². The fourth-order valence-electron chi connectivity index (χ4n) is 2.80. The Morgan fingerprint density at radius 3 is 2.74 bits per heavy atom. The third-order valence-corrected chi connectivity index (χ3v) is 3.63. The maximum atomic E-state index is 12.6. The molecule has 2 nitrogen and oxygen atoms in total. The van der Waals surface area contributed by atoms with E-state index >= 15 is 0 Å². The van der Waals surface area contributed by atoms with E-state index in [-0.39, 0.29) is 30.7 Å². The van der Waals surface area contributed by atoms with E-state index in [1.165, 1.54) is 6.07 Å². The molecule has 1 aromatic rings. The van der Waals surface area contributed by atoms with Gasteiger partial charge in [-0.15, -0.1) is 12.4 Å². The van der Waals surface area contributed by atoms with Gasteiger partial charge in [-0.05, 0) is 30.2 Å². The van der Waals surface area contributed by atoms with Crippen LogP contribution < -0.4 is 5.32 Å². The Morgan fingerprint density at radius 2 is 2.05 bits per heavy atom. The molecule has 0 aromatic heterocycles. The zero-order valence-corrected chi connectivity index (χ0v) is 11.1. The largest absolute Gasteiger partial charge is 0.416 e. The molecule has 106 valence electrons. The first-order valence-electron chi connectivity index (χ1n) is 6.04. The van der Waals surface area contributed by atoms with E-state index in [1.807, 2.05) is 6.92 Å². The lowest BCUT2D eigenvalue weighted by Crippen LogP contribution is -2.44. The van der Waals surface area contributed by atoms with Crippen molar-refractivity contribution in [2.24, 2.45) is 0 Å². The van der Waals surface area contributed by atoms with Gasteiger partial charge in [-0.25, -0.2) is 0 Å². The molecule has 0 bridgehead atoms. The van der Waals surface area contributed by atoms with E-state index in [0.717, 1.165) is 23.7 Å². The summed E-state index contributed by atoms with van der Waals surface area (Å²) in [5.74, 6) is 0. The van der Waals surface area contributed by atoms with Crippen LogP contribution in [0.2, 0.25) is 0 Å². The number of hydrogen-bond acceptors (Lipinski definition) is 2. The molecule has 19 heavy (non-hydrogen) atoms. The van der Waals surface area contributed by atoms with Crippen molar-refractivity contribution >= 4 is 12.4 Å². The fraction of sp³-hybridized carbons (Fsp3) is 0.538. The van der Waals surface area contributed by atoms with Crippen LogP contribution in [-0.2, 0) is 17.3 Å². The number of ether oxygens (including phenoxy) is 1. The van der Waals surface area contributed by atoms with Gasteiger partial charge in [0.1, 0.15) is 0 Å². The predicted molar refractivity (Wildman–Crippen MR) is 67.5 cm³/mol. The van der Waals surface area contributed by atoms with Crippen molar-refractivity contribution < 1.29 is 17.9 Å². The van der Waals surface area contributed by atoms with Gasteiger partial charge in [0.15, 0.2) is 0 Å². The van der Waals surface area contributed by atoms with Crippen molar-refractivity contribution in [1.82, 2.24) is 5.32 Å². The minimum Gasteiger partial charge on any atom is -0.372 e. The molecule has 0 unspecified atom stereocenters. The summed E-state index contributed by atoms with van der Waals surface area (Å²) in [4.78, 5) is 0. The number of hydrogen-bond donors (Lipinski definition) is 1. The average molecular weight is 294 g/mol. The Bertz CT molecular complexity index is 477. The van der Waals surface area contributed by atoms with Crippen LogP contribution in [0.25, 0.3) is 0 Å². The zero-order chi connectivity index (χ0) is 12.9. The third-order valence-electron chi connectivity index (χ3n) is 3.63. The number of halogens is 4. The maximum Gasteiger partial charge on any atom is 0.416 e. The van der Waals surface area contributed by atoms with Gasteiger partial charge in [0.2, 0.25) is 0 Å². The van der Waals surface area contributed by atoms with E-state index in [2.05, 4.69) is 5.32 Å². The number of fused-ring (bicyclic) bond motifs is 3. The first-order chi connectivity index (χ1) is 8.45. The molecule has 1 N–H and O–H groups in total. The van der Waals surface area contributed by atoms with Gasteiger partial charge < -0.3 is 10.1 Å². The topological polar surface area (TPSA) is 21.3 Å². The number of morpholine rings is 1. The van der Waals surface area contributed by atoms with Gasteiger partial charge in [0.05, 0.1) is 23.8 Å². The highest BCUT2D eigenvalue weighted by molar-refractivity contribution is 5.85. The summed E-state index contributed by atoms with van der Waals surface area (Å²) in [6, 6.07) is 4.03. The zero-order valence-electron chi connectivity index (χ0n) is 10.3. The average Bonchev–Trinajstić information content (AvgIpc) is 2.63. The standard InChI is InChI=1S/C13H14F3NO.ClH/c1-7-6-17-12-10-3-2-9(13(14,15)16)4-8(10)5-11(12)18-7;/h2-4,7,11-12,17H,5-6H2,1H3;1H/t7-,11+,12-;/m0./s1. The van der Waals surface area contributed by atoms with Crippen LogP contribution in [0.15, 0.2) is 18.2 Å². The molecule has 1 fully saturated rings. The maximum absolute atomic E-state index is 12.6. The van der Waals surface area contributed by atoms with Crippen LogP contribution in [0.3, 0.4) is 0 Å². The Labute approximate surface area is 115 Å². The second kappa shape index (κ2) is 4.96. The number of rotatable bonds is 0. The van der Waals surface area contributed by atoms with E-state index in [9.17, 15) is 13.2 Å². The summed E-state index contributed by atoms with van der Waals surface area (Å²) in [6.45, 7) is 2.70. The summed E-state index contributed by atoms with van der Waals surface area (Å²) >= 11 is 0. The van der Waals surface area contributed by atoms with Crippen LogP contribution in [-0.4, -0.2) is 18.8 Å². The Kier molecular flexibility index (Phi) is 3.82. The van der Waals surface area contributed by atoms with E-state index < -0.39 is 11.7 Å². The highest BCUT2D eigenvalue weighted by atomic mass is 35.5. The molecule has 1 aliphatic carbocycles. The monoisotopic (exact) mass is 293 g/mol. The van der Waals surface area contributed by atoms with Crippen molar-refractivity contribution in [3.8, 4) is 0 Å². The Balaban J connectivity index is 0.00000133. The molecule has 1 aromatic carbocycles. The van der Waals surface area contributed by atoms with E-state index in [4.69, 9.17) is 4.74 Å². The summed E-state index contributed by atoms with van der Waals surface area (Å²) in [5.41, 5.74) is 1.12. The van der Waals surface area contributed by atoms with Gasteiger partial charge in [-0.3, -0.25) is 0 Å². The van der Waals surface area contributed by atoms with Crippen LogP contribution in [0.1, 0.15) is 29.7 Å². The van der Waals surface area contributed by atoms with Gasteiger partial charge in [-0.1, -0.05) is 6.07 Å². The second-order valence-electron chi connectivity index (χ2n) is 4.99. The number of benzene rings is 1. The van der Waals surface area contributed by atoms with Crippen LogP contribution in [0.4, 0.5) is 13.2 Å². The molecule has 1 aliphatic heterocycles. The first-order valence-corrected chi connectivity index (χ1v) is 6.04. The van der Waals surface area contributed by atoms with Crippen molar-refractivity contribution in [1.29, 1.82) is 0 Å². The summed E-state index contributed by atoms with van der Waals surface area (Å²) in [5, 5.41) is 3.34. The lowest BCUT2D eigenvalue weighted by Gasteiger charge is -2.32. The van der Waals surface area contributed by atoms with Crippen LogP contribution in [0, 0.1) is 0 Å². The van der Waals surface area contributed by atoms with Crippen molar-refractivity contribution in [3.63, 3.8) is 0 Å². The molecule has 1 heterocycles. The predicted octanol–water partition coefficient (Wildman–Crippen LogP) is 3.10. The van der Waals surface area contributed by atoms with Crippen molar-refractivity contribution in [2.75, 3.05) is 6.54 Å². The summed E-state index contributed by atoms with van der Waals surface area (Å²) in [6.07, 6.45) is -3.64. The fourth-order valence-corrected chi connectivity index (χ4v) is 2.80. The Hall–Kier alpha value is -0.780. The van der Waals surface area contributed by atoms with Crippen LogP contribution in [0.5, 0.6) is 0 Å². The molecule has 0 amide bonds. The molecule has 0 saturated carbocycles. The molecular weight excluding hydrogens is 279 g/mol. The summed E-state index contributed by atoms with van der Waals surface area (Å²) < 4.78 is 43.7. The lowest BCUT2D eigenvalue weighted by atomic mass is 10.0. The molecule has 2 aliphatic rings. The Morgan fingerprint density at radius 1 is 1.32 bits per heavy atom. The van der Waals surface area contributed by atoms with E-state index in [0.29, 0.717) is 6.42 Å². The second-order valence-corrected chi connectivity index (χ2v) is 4.99. The normalized spacial score (nSPS) is 29.4. The van der Waals surface area contributed by atoms with Crippen molar-refractivity contribution in [3.05, 3.63) is 34.9 Å². The smallest absolute Gasteiger partial charge is 0.372 e. The quantitative estimate of drug-likeness (QED) is 0.794. The highest BCUT2D eigenvalue weighted by Gasteiger charge is 2.39. The lowest BCUT2D eigenvalue weighted by molar-refractivity contribution is -0.137. The molecule has 0 radical (unpaired) electrons. The van der Waals surface area contributed by atoms with Crippen LogP contribution >= 0.6 is 12.4 Å². The molecular formula is C13H15ClF3NO.